The largest absolute Gasteiger partial charge is 0.350 e. The zero-order valence-corrected chi connectivity index (χ0v) is 12.9. The molecule has 2 N–H and O–H groups in total. The minimum atomic E-state index is -2.94. The Labute approximate surface area is 113 Å². The number of hydrogen-bond acceptors (Lipinski definition) is 6. The molecule has 0 aliphatic heterocycles. The second-order valence-electron chi connectivity index (χ2n) is 4.72. The van der Waals surface area contributed by atoms with Gasteiger partial charge in [-0.1, -0.05) is 13.8 Å². The maximum absolute atomic E-state index is 11.1. The van der Waals surface area contributed by atoms with Crippen molar-refractivity contribution >= 4 is 26.3 Å². The van der Waals surface area contributed by atoms with E-state index in [1.165, 1.54) is 6.26 Å². The number of anilines is 1. The molecular weight excluding hydrogens is 270 g/mol. The second kappa shape index (κ2) is 5.99. The predicted molar refractivity (Wildman–Crippen MR) is 77.1 cm³/mol. The van der Waals surface area contributed by atoms with Gasteiger partial charge in [0.15, 0.2) is 5.13 Å². The molecule has 0 aromatic carbocycles. The SMILES string of the molecule is CC(C)c1nc(N(C)CCS(C)(=O)=O)sc1CN. The average Bonchev–Trinajstić information content (AvgIpc) is 2.68. The lowest BCUT2D eigenvalue weighted by atomic mass is 10.1. The minimum absolute atomic E-state index is 0.137. The van der Waals surface area contributed by atoms with Gasteiger partial charge in [0.25, 0.3) is 0 Å². The fraction of sp³-hybridized carbons (Fsp3) is 0.727. The topological polar surface area (TPSA) is 76.3 Å². The van der Waals surface area contributed by atoms with E-state index in [9.17, 15) is 8.42 Å². The molecule has 1 rings (SSSR count). The van der Waals surface area contributed by atoms with Crippen LogP contribution in [0.4, 0.5) is 5.13 Å². The summed E-state index contributed by atoms with van der Waals surface area (Å²) >= 11 is 1.54. The van der Waals surface area contributed by atoms with Crippen LogP contribution in [0, 0.1) is 0 Å². The van der Waals surface area contributed by atoms with Crippen LogP contribution in [-0.2, 0) is 16.4 Å². The van der Waals surface area contributed by atoms with E-state index in [2.05, 4.69) is 18.8 Å². The van der Waals surface area contributed by atoms with Crippen LogP contribution in [0.2, 0.25) is 0 Å². The number of sulfone groups is 1. The number of nitrogens with zero attached hydrogens (tertiary/aromatic N) is 2. The van der Waals surface area contributed by atoms with Crippen molar-refractivity contribution in [2.24, 2.45) is 5.73 Å². The van der Waals surface area contributed by atoms with E-state index in [-0.39, 0.29) is 5.75 Å². The third kappa shape index (κ3) is 4.22. The number of hydrogen-bond donors (Lipinski definition) is 1. The first-order valence-corrected chi connectivity index (χ1v) is 8.70. The van der Waals surface area contributed by atoms with E-state index in [0.717, 1.165) is 15.7 Å². The molecule has 1 aromatic rings. The first-order chi connectivity index (χ1) is 8.24. The maximum Gasteiger partial charge on any atom is 0.185 e. The molecule has 0 saturated heterocycles. The van der Waals surface area contributed by atoms with E-state index in [0.29, 0.717) is 19.0 Å². The van der Waals surface area contributed by atoms with Crippen LogP contribution in [0.3, 0.4) is 0 Å². The molecule has 104 valence electrons. The van der Waals surface area contributed by atoms with Crippen molar-refractivity contribution in [3.63, 3.8) is 0 Å². The molecule has 1 aromatic heterocycles. The van der Waals surface area contributed by atoms with Crippen LogP contribution in [0.5, 0.6) is 0 Å². The zero-order valence-electron chi connectivity index (χ0n) is 11.3. The summed E-state index contributed by atoms with van der Waals surface area (Å²) in [5.74, 6) is 0.467. The first kappa shape index (κ1) is 15.4. The van der Waals surface area contributed by atoms with Crippen LogP contribution in [0.25, 0.3) is 0 Å². The molecule has 0 radical (unpaired) electrons. The molecule has 0 atom stereocenters. The van der Waals surface area contributed by atoms with Gasteiger partial charge in [0.2, 0.25) is 0 Å². The summed E-state index contributed by atoms with van der Waals surface area (Å²) in [6.45, 7) is 5.09. The Bertz CT molecular complexity index is 494. The van der Waals surface area contributed by atoms with Gasteiger partial charge in [-0.05, 0) is 5.92 Å². The second-order valence-corrected chi connectivity index (χ2v) is 8.04. The molecule has 1 heterocycles. The number of nitrogens with two attached hydrogens (primary N) is 1. The third-order valence-electron chi connectivity index (χ3n) is 2.57. The van der Waals surface area contributed by atoms with Crippen molar-refractivity contribution in [1.82, 2.24) is 4.98 Å². The molecule has 0 amide bonds. The normalized spacial score (nSPS) is 12.1. The van der Waals surface area contributed by atoms with Gasteiger partial charge in [0.05, 0.1) is 11.4 Å². The van der Waals surface area contributed by atoms with Crippen molar-refractivity contribution in [2.45, 2.75) is 26.3 Å². The van der Waals surface area contributed by atoms with E-state index >= 15 is 0 Å². The lowest BCUT2D eigenvalue weighted by Gasteiger charge is -2.14. The molecular formula is C11H21N3O2S2. The van der Waals surface area contributed by atoms with E-state index in [1.807, 2.05) is 11.9 Å². The quantitative estimate of drug-likeness (QED) is 0.852. The highest BCUT2D eigenvalue weighted by atomic mass is 32.2. The first-order valence-electron chi connectivity index (χ1n) is 5.83. The highest BCUT2D eigenvalue weighted by molar-refractivity contribution is 7.90. The highest BCUT2D eigenvalue weighted by Crippen LogP contribution is 2.29. The van der Waals surface area contributed by atoms with Gasteiger partial charge in [-0.15, -0.1) is 11.3 Å². The Balaban J connectivity index is 2.83. The Morgan fingerprint density at radius 2 is 2.06 bits per heavy atom. The van der Waals surface area contributed by atoms with Crippen LogP contribution in [0.15, 0.2) is 0 Å². The van der Waals surface area contributed by atoms with E-state index < -0.39 is 9.84 Å². The smallest absolute Gasteiger partial charge is 0.185 e. The van der Waals surface area contributed by atoms with E-state index in [1.54, 1.807) is 11.3 Å². The standard InChI is InChI=1S/C11H21N3O2S2/c1-8(2)10-9(7-12)17-11(13-10)14(3)5-6-18(4,15)16/h8H,5-7,12H2,1-4H3. The fourth-order valence-corrected chi connectivity index (χ4v) is 3.20. The van der Waals surface area contributed by atoms with Crippen molar-refractivity contribution in [2.75, 3.05) is 30.5 Å². The van der Waals surface area contributed by atoms with Gasteiger partial charge in [0.1, 0.15) is 9.84 Å². The predicted octanol–water partition coefficient (Wildman–Crippen LogP) is 1.21. The summed E-state index contributed by atoms with van der Waals surface area (Å²) in [6, 6.07) is 0. The van der Waals surface area contributed by atoms with Crippen LogP contribution >= 0.6 is 11.3 Å². The third-order valence-corrected chi connectivity index (χ3v) is 4.70. The maximum atomic E-state index is 11.1. The van der Waals surface area contributed by atoms with Crippen molar-refractivity contribution in [3.8, 4) is 0 Å². The molecule has 5 nitrogen and oxygen atoms in total. The summed E-state index contributed by atoms with van der Waals surface area (Å²) in [6.07, 6.45) is 1.24. The molecule has 0 aliphatic rings. The lowest BCUT2D eigenvalue weighted by molar-refractivity contribution is 0.601. The summed E-state index contributed by atoms with van der Waals surface area (Å²) < 4.78 is 22.3. The fourth-order valence-electron chi connectivity index (χ4n) is 1.51. The Morgan fingerprint density at radius 3 is 2.44 bits per heavy atom. The molecule has 0 fully saturated rings. The molecule has 0 unspecified atom stereocenters. The van der Waals surface area contributed by atoms with Crippen LogP contribution < -0.4 is 10.6 Å². The molecule has 0 spiro atoms. The van der Waals surface area contributed by atoms with Gasteiger partial charge in [-0.3, -0.25) is 0 Å². The number of rotatable bonds is 6. The van der Waals surface area contributed by atoms with Gasteiger partial charge in [-0.2, -0.15) is 0 Å². The number of thiazole rings is 1. The summed E-state index contributed by atoms with van der Waals surface area (Å²) in [4.78, 5) is 7.50. The highest BCUT2D eigenvalue weighted by Gasteiger charge is 2.16. The molecule has 0 bridgehead atoms. The van der Waals surface area contributed by atoms with Gasteiger partial charge in [-0.25, -0.2) is 13.4 Å². The van der Waals surface area contributed by atoms with E-state index in [4.69, 9.17) is 5.73 Å². The molecule has 0 aliphatic carbocycles. The van der Waals surface area contributed by atoms with Crippen molar-refractivity contribution < 1.29 is 8.42 Å². The monoisotopic (exact) mass is 291 g/mol. The Kier molecular flexibility index (Phi) is 5.12. The van der Waals surface area contributed by atoms with Crippen molar-refractivity contribution in [3.05, 3.63) is 10.6 Å². The van der Waals surface area contributed by atoms with Crippen LogP contribution in [-0.4, -0.2) is 39.0 Å². The minimum Gasteiger partial charge on any atom is -0.350 e. The van der Waals surface area contributed by atoms with Gasteiger partial charge >= 0.3 is 0 Å². The van der Waals surface area contributed by atoms with Gasteiger partial charge < -0.3 is 10.6 Å². The van der Waals surface area contributed by atoms with Crippen LogP contribution in [0.1, 0.15) is 30.3 Å². The number of aromatic nitrogens is 1. The zero-order chi connectivity index (χ0) is 13.9. The summed E-state index contributed by atoms with van der Waals surface area (Å²) in [5.41, 5.74) is 6.72. The molecule has 18 heavy (non-hydrogen) atoms. The average molecular weight is 291 g/mol. The Morgan fingerprint density at radius 1 is 1.44 bits per heavy atom. The molecule has 0 saturated carbocycles. The molecule has 7 heteroatoms. The summed E-state index contributed by atoms with van der Waals surface area (Å²) in [5, 5.41) is 0.836. The lowest BCUT2D eigenvalue weighted by Crippen LogP contribution is -2.24. The Hall–Kier alpha value is -0.660. The summed E-state index contributed by atoms with van der Waals surface area (Å²) in [7, 11) is -1.09. The van der Waals surface area contributed by atoms with Gasteiger partial charge in [0, 0.05) is 31.3 Å². The van der Waals surface area contributed by atoms with Crippen molar-refractivity contribution in [1.29, 1.82) is 0 Å².